The van der Waals surface area contributed by atoms with Crippen molar-refractivity contribution >= 4 is 34.1 Å². The second-order valence-electron chi connectivity index (χ2n) is 5.68. The van der Waals surface area contributed by atoms with Gasteiger partial charge in [0.05, 0.1) is 5.75 Å². The van der Waals surface area contributed by atoms with E-state index in [-0.39, 0.29) is 17.2 Å². The Morgan fingerprint density at radius 3 is 2.92 bits per heavy atom. The number of thioether (sulfide) groups is 1. The number of H-pyrrole nitrogens is 1. The zero-order chi connectivity index (χ0) is 18.5. The summed E-state index contributed by atoms with van der Waals surface area (Å²) in [6, 6.07) is 8.30. The van der Waals surface area contributed by atoms with Crippen LogP contribution in [0.15, 0.2) is 40.4 Å². The third-order valence-electron chi connectivity index (χ3n) is 3.44. The van der Waals surface area contributed by atoms with Gasteiger partial charge in [0.25, 0.3) is 5.56 Å². The third-order valence-corrected chi connectivity index (χ3v) is 5.22. The third kappa shape index (κ3) is 4.99. The lowest BCUT2D eigenvalue weighted by Crippen LogP contribution is -2.17. The number of aryl methyl sites for hydroxylation is 2. The predicted molar refractivity (Wildman–Crippen MR) is 103 cm³/mol. The normalized spacial score (nSPS) is 10.7. The van der Waals surface area contributed by atoms with Gasteiger partial charge in [0.15, 0.2) is 10.3 Å². The summed E-state index contributed by atoms with van der Waals surface area (Å²) in [5.74, 6) is -0.102. The number of nitrogens with zero attached hydrogens (tertiary/aromatic N) is 3. The lowest BCUT2D eigenvalue weighted by atomic mass is 10.1. The van der Waals surface area contributed by atoms with Crippen LogP contribution >= 0.6 is 23.1 Å². The standard InChI is InChI=1S/C17H17N5O2S2/c1-10-4-3-5-12(6-10)7-13-8-18-16(26-13)19-14(23)9-25-17-20-15(24)11(2)21-22-17/h3-6,8H,7,9H2,1-2H3,(H,18,19,23)(H,20,22,24). The number of rotatable bonds is 6. The van der Waals surface area contributed by atoms with Crippen LogP contribution in [0, 0.1) is 13.8 Å². The van der Waals surface area contributed by atoms with Crippen LogP contribution in [0.4, 0.5) is 5.13 Å². The summed E-state index contributed by atoms with van der Waals surface area (Å²) in [5, 5.41) is 11.2. The quantitative estimate of drug-likeness (QED) is 0.631. The van der Waals surface area contributed by atoms with Crippen LogP contribution in [0.5, 0.6) is 0 Å². The van der Waals surface area contributed by atoms with Crippen molar-refractivity contribution in [1.29, 1.82) is 0 Å². The minimum Gasteiger partial charge on any atom is -0.301 e. The number of amides is 1. The first-order valence-electron chi connectivity index (χ1n) is 7.86. The van der Waals surface area contributed by atoms with Gasteiger partial charge in [-0.2, -0.15) is 0 Å². The molecule has 0 unspecified atom stereocenters. The summed E-state index contributed by atoms with van der Waals surface area (Å²) in [4.78, 5) is 31.4. The van der Waals surface area contributed by atoms with Crippen molar-refractivity contribution in [3.63, 3.8) is 0 Å². The van der Waals surface area contributed by atoms with Gasteiger partial charge >= 0.3 is 0 Å². The van der Waals surface area contributed by atoms with Crippen molar-refractivity contribution in [2.45, 2.75) is 25.4 Å². The van der Waals surface area contributed by atoms with Crippen LogP contribution < -0.4 is 10.9 Å². The highest BCUT2D eigenvalue weighted by Gasteiger charge is 2.09. The van der Waals surface area contributed by atoms with E-state index in [0.29, 0.717) is 16.0 Å². The molecule has 9 heteroatoms. The Morgan fingerprint density at radius 2 is 2.15 bits per heavy atom. The molecule has 0 spiro atoms. The SMILES string of the molecule is Cc1cccc(Cc2cnc(NC(=O)CSc3nnc(C)c(=O)[nH]3)s2)c1. The van der Waals surface area contributed by atoms with Gasteiger partial charge in [-0.1, -0.05) is 41.6 Å². The number of benzene rings is 1. The van der Waals surface area contributed by atoms with Crippen LogP contribution in [0.25, 0.3) is 0 Å². The molecule has 1 amide bonds. The number of anilines is 1. The molecule has 0 aliphatic carbocycles. The monoisotopic (exact) mass is 387 g/mol. The molecule has 1 aromatic carbocycles. The van der Waals surface area contributed by atoms with Crippen molar-refractivity contribution in [2.24, 2.45) is 0 Å². The molecule has 0 saturated heterocycles. The fourth-order valence-corrected chi connectivity index (χ4v) is 3.67. The van der Waals surface area contributed by atoms with Crippen LogP contribution in [0.3, 0.4) is 0 Å². The van der Waals surface area contributed by atoms with Gasteiger partial charge in [-0.05, 0) is 19.4 Å². The van der Waals surface area contributed by atoms with Gasteiger partial charge in [0, 0.05) is 17.5 Å². The fraction of sp³-hybridized carbons (Fsp3) is 0.235. The first-order valence-corrected chi connectivity index (χ1v) is 9.66. The van der Waals surface area contributed by atoms with Crippen molar-refractivity contribution < 1.29 is 4.79 Å². The molecule has 134 valence electrons. The summed E-state index contributed by atoms with van der Waals surface area (Å²) in [7, 11) is 0. The van der Waals surface area contributed by atoms with Gasteiger partial charge in [-0.25, -0.2) is 4.98 Å². The minimum atomic E-state index is -0.302. The Kier molecular flexibility index (Phi) is 5.79. The molecule has 0 bridgehead atoms. The molecule has 2 N–H and O–H groups in total. The topological polar surface area (TPSA) is 101 Å². The maximum atomic E-state index is 12.0. The summed E-state index contributed by atoms with van der Waals surface area (Å²) in [6.07, 6.45) is 2.56. The van der Waals surface area contributed by atoms with Crippen LogP contribution in [0.2, 0.25) is 0 Å². The molecule has 0 saturated carbocycles. The van der Waals surface area contributed by atoms with Crippen LogP contribution in [-0.4, -0.2) is 31.8 Å². The maximum absolute atomic E-state index is 12.0. The number of aromatic amines is 1. The average Bonchev–Trinajstić information content (AvgIpc) is 3.03. The molecule has 0 radical (unpaired) electrons. The highest BCUT2D eigenvalue weighted by Crippen LogP contribution is 2.22. The largest absolute Gasteiger partial charge is 0.301 e. The van der Waals surface area contributed by atoms with Crippen molar-refractivity contribution in [3.8, 4) is 0 Å². The van der Waals surface area contributed by atoms with Crippen molar-refractivity contribution in [2.75, 3.05) is 11.1 Å². The summed E-state index contributed by atoms with van der Waals surface area (Å²) in [6.45, 7) is 3.63. The number of thiazole rings is 1. The number of aromatic nitrogens is 4. The Morgan fingerprint density at radius 1 is 1.31 bits per heavy atom. The molecule has 3 rings (SSSR count). The Hall–Kier alpha value is -2.52. The Bertz CT molecular complexity index is 983. The highest BCUT2D eigenvalue weighted by atomic mass is 32.2. The second kappa shape index (κ2) is 8.24. The molecular weight excluding hydrogens is 370 g/mol. The summed E-state index contributed by atoms with van der Waals surface area (Å²) in [5.41, 5.74) is 2.42. The van der Waals surface area contributed by atoms with Crippen LogP contribution in [-0.2, 0) is 11.2 Å². The minimum absolute atomic E-state index is 0.112. The summed E-state index contributed by atoms with van der Waals surface area (Å²) < 4.78 is 0. The van der Waals surface area contributed by atoms with Gasteiger partial charge < -0.3 is 5.32 Å². The number of carbonyl (C=O) groups is 1. The Labute approximate surface area is 158 Å². The fourth-order valence-electron chi connectivity index (χ4n) is 2.20. The van der Waals surface area contributed by atoms with E-state index in [1.54, 1.807) is 13.1 Å². The van der Waals surface area contributed by atoms with E-state index in [2.05, 4.69) is 50.6 Å². The maximum Gasteiger partial charge on any atom is 0.273 e. The molecule has 0 aliphatic rings. The molecule has 3 aromatic rings. The lowest BCUT2D eigenvalue weighted by molar-refractivity contribution is -0.113. The van der Waals surface area contributed by atoms with Crippen molar-refractivity contribution in [1.82, 2.24) is 20.2 Å². The smallest absolute Gasteiger partial charge is 0.273 e. The van der Waals surface area contributed by atoms with E-state index in [0.717, 1.165) is 23.1 Å². The first kappa shape index (κ1) is 18.3. The predicted octanol–water partition coefficient (Wildman–Crippen LogP) is 2.56. The van der Waals surface area contributed by atoms with Crippen LogP contribution in [0.1, 0.15) is 21.7 Å². The van der Waals surface area contributed by atoms with E-state index in [9.17, 15) is 9.59 Å². The van der Waals surface area contributed by atoms with E-state index in [1.165, 1.54) is 22.5 Å². The van der Waals surface area contributed by atoms with Gasteiger partial charge in [-0.15, -0.1) is 21.5 Å². The zero-order valence-corrected chi connectivity index (χ0v) is 15.9. The van der Waals surface area contributed by atoms with E-state index in [4.69, 9.17) is 0 Å². The molecule has 26 heavy (non-hydrogen) atoms. The van der Waals surface area contributed by atoms with Gasteiger partial charge in [-0.3, -0.25) is 14.6 Å². The number of hydrogen-bond acceptors (Lipinski definition) is 7. The van der Waals surface area contributed by atoms with E-state index in [1.807, 2.05) is 6.07 Å². The molecule has 0 fully saturated rings. The van der Waals surface area contributed by atoms with Crippen molar-refractivity contribution in [3.05, 3.63) is 62.5 Å². The summed E-state index contributed by atoms with van der Waals surface area (Å²) >= 11 is 2.57. The number of nitrogens with one attached hydrogen (secondary N) is 2. The second-order valence-corrected chi connectivity index (χ2v) is 7.76. The zero-order valence-electron chi connectivity index (χ0n) is 14.3. The Balaban J connectivity index is 1.54. The highest BCUT2D eigenvalue weighted by molar-refractivity contribution is 7.99. The van der Waals surface area contributed by atoms with E-state index < -0.39 is 0 Å². The lowest BCUT2D eigenvalue weighted by Gasteiger charge is -2.01. The molecular formula is C17H17N5O2S2. The van der Waals surface area contributed by atoms with Gasteiger partial charge in [0.2, 0.25) is 5.91 Å². The molecule has 0 aliphatic heterocycles. The molecule has 0 atom stereocenters. The number of carbonyl (C=O) groups excluding carboxylic acids is 1. The molecule has 2 aromatic heterocycles. The average molecular weight is 387 g/mol. The van der Waals surface area contributed by atoms with E-state index >= 15 is 0 Å². The molecule has 2 heterocycles. The van der Waals surface area contributed by atoms with Gasteiger partial charge in [0.1, 0.15) is 5.69 Å². The number of hydrogen-bond donors (Lipinski definition) is 2. The first-order chi connectivity index (χ1) is 12.5. The molecule has 7 nitrogen and oxygen atoms in total.